The summed E-state index contributed by atoms with van der Waals surface area (Å²) in [6.07, 6.45) is 0.662. The second kappa shape index (κ2) is 11.2. The molecule has 36 heavy (non-hydrogen) atoms. The zero-order valence-corrected chi connectivity index (χ0v) is 23.8. The Morgan fingerprint density at radius 3 is 2.47 bits per heavy atom. The van der Waals surface area contributed by atoms with Crippen LogP contribution in [0.4, 0.5) is 0 Å². The molecule has 0 spiro atoms. The Labute approximate surface area is 224 Å². The number of rotatable bonds is 8. The highest BCUT2D eigenvalue weighted by Crippen LogP contribution is 2.37. The van der Waals surface area contributed by atoms with E-state index in [-0.39, 0.29) is 27.8 Å². The van der Waals surface area contributed by atoms with Crippen molar-refractivity contribution in [3.8, 4) is 11.8 Å². The number of halogens is 2. The Bertz CT molecular complexity index is 1310. The van der Waals surface area contributed by atoms with Gasteiger partial charge in [0.2, 0.25) is 0 Å². The molecule has 1 amide bonds. The van der Waals surface area contributed by atoms with Crippen LogP contribution in [0.1, 0.15) is 54.6 Å². The summed E-state index contributed by atoms with van der Waals surface area (Å²) in [4.78, 5) is 13.3. The second-order valence-corrected chi connectivity index (χ2v) is 16.1. The minimum absolute atomic E-state index is 0.0580. The van der Waals surface area contributed by atoms with Crippen molar-refractivity contribution in [2.75, 3.05) is 13.2 Å². The van der Waals surface area contributed by atoms with Gasteiger partial charge < -0.3 is 14.8 Å². The van der Waals surface area contributed by atoms with Crippen LogP contribution in [0.3, 0.4) is 0 Å². The maximum atomic E-state index is 13.3. The molecular formula is C28H32Cl2N2O3Si. The summed E-state index contributed by atoms with van der Waals surface area (Å²) < 4.78 is 6.39. The van der Waals surface area contributed by atoms with Gasteiger partial charge in [0.25, 0.3) is 5.91 Å². The number of amides is 1. The molecule has 0 heterocycles. The van der Waals surface area contributed by atoms with Crippen LogP contribution in [0.15, 0.2) is 48.5 Å². The smallest absolute Gasteiger partial charge is 0.255 e. The van der Waals surface area contributed by atoms with Gasteiger partial charge in [0.05, 0.1) is 21.2 Å². The molecule has 0 aromatic heterocycles. The number of nitrogens with zero attached hydrogens (tertiary/aromatic N) is 1. The fourth-order valence-corrected chi connectivity index (χ4v) is 5.15. The van der Waals surface area contributed by atoms with Crippen molar-refractivity contribution in [1.29, 1.82) is 5.26 Å². The van der Waals surface area contributed by atoms with Gasteiger partial charge >= 0.3 is 0 Å². The summed E-state index contributed by atoms with van der Waals surface area (Å²) in [5.41, 5.74) is 1.08. The Balaban J connectivity index is 1.86. The average molecular weight is 544 g/mol. The molecule has 0 saturated carbocycles. The van der Waals surface area contributed by atoms with Crippen molar-refractivity contribution >= 4 is 48.2 Å². The van der Waals surface area contributed by atoms with Gasteiger partial charge in [-0.1, -0.05) is 74.3 Å². The number of carbonyl (C=O) groups is 1. The van der Waals surface area contributed by atoms with E-state index in [0.717, 1.165) is 5.56 Å². The van der Waals surface area contributed by atoms with E-state index < -0.39 is 14.2 Å². The quantitative estimate of drug-likeness (QED) is 0.286. The molecule has 0 fully saturated rings. The van der Waals surface area contributed by atoms with Crippen LogP contribution in [0.25, 0.3) is 10.8 Å². The van der Waals surface area contributed by atoms with Crippen LogP contribution in [0, 0.1) is 11.3 Å². The van der Waals surface area contributed by atoms with Gasteiger partial charge in [0, 0.05) is 19.1 Å². The molecule has 0 unspecified atom stereocenters. The van der Waals surface area contributed by atoms with Gasteiger partial charge in [-0.2, -0.15) is 5.26 Å². The lowest BCUT2D eigenvalue weighted by atomic mass is 9.95. The predicted octanol–water partition coefficient (Wildman–Crippen LogP) is 7.65. The first-order valence-electron chi connectivity index (χ1n) is 11.9. The van der Waals surface area contributed by atoms with Crippen LogP contribution >= 0.6 is 23.2 Å². The molecule has 3 aromatic rings. The number of fused-ring (bicyclic) bond motifs is 1. The third-order valence-corrected chi connectivity index (χ3v) is 12.3. The summed E-state index contributed by atoms with van der Waals surface area (Å²) in [6.45, 7) is 11.8. The molecule has 3 aromatic carbocycles. The van der Waals surface area contributed by atoms with Crippen molar-refractivity contribution in [2.24, 2.45) is 0 Å². The molecule has 8 heteroatoms. The Morgan fingerprint density at radius 1 is 1.14 bits per heavy atom. The lowest BCUT2D eigenvalue weighted by Gasteiger charge is -2.36. The van der Waals surface area contributed by atoms with Gasteiger partial charge in [0.1, 0.15) is 11.8 Å². The van der Waals surface area contributed by atoms with Gasteiger partial charge in [-0.15, -0.1) is 0 Å². The normalized spacial score (nSPS) is 12.8. The van der Waals surface area contributed by atoms with Crippen molar-refractivity contribution < 1.29 is 14.3 Å². The number of nitriles is 1. The minimum Gasteiger partial charge on any atom is -0.506 e. The van der Waals surface area contributed by atoms with E-state index in [2.05, 4.69) is 39.2 Å². The molecule has 0 bridgehead atoms. The molecule has 3 rings (SSSR count). The first-order valence-corrected chi connectivity index (χ1v) is 15.5. The third-order valence-electron chi connectivity index (χ3n) is 7.03. The van der Waals surface area contributed by atoms with Crippen LogP contribution in [-0.4, -0.2) is 32.5 Å². The van der Waals surface area contributed by atoms with Crippen LogP contribution in [-0.2, 0) is 4.43 Å². The number of phenolic OH excluding ortho intramolecular Hbond substituents is 1. The van der Waals surface area contributed by atoms with Crippen molar-refractivity contribution in [3.05, 3.63) is 75.3 Å². The SMILES string of the molecule is CC(C)(C)[Si](C)(C)OCC[C@H](CNC(=O)c1c(O)c(C#N)cc2ccccc12)c1ccc(Cl)c(Cl)c1. The molecule has 2 N–H and O–H groups in total. The number of aromatic hydroxyl groups is 1. The molecule has 0 radical (unpaired) electrons. The second-order valence-electron chi connectivity index (χ2n) is 10.5. The van der Waals surface area contributed by atoms with E-state index in [1.807, 2.05) is 30.3 Å². The van der Waals surface area contributed by atoms with Crippen LogP contribution < -0.4 is 5.32 Å². The summed E-state index contributed by atoms with van der Waals surface area (Å²) in [5, 5.41) is 25.4. The number of carbonyl (C=O) groups excluding carboxylic acids is 1. The summed E-state index contributed by atoms with van der Waals surface area (Å²) >= 11 is 12.4. The van der Waals surface area contributed by atoms with Crippen LogP contribution in [0.2, 0.25) is 28.2 Å². The highest BCUT2D eigenvalue weighted by atomic mass is 35.5. The van der Waals surface area contributed by atoms with E-state index in [1.54, 1.807) is 24.3 Å². The Kier molecular flexibility index (Phi) is 8.74. The lowest BCUT2D eigenvalue weighted by Crippen LogP contribution is -2.41. The number of phenols is 1. The van der Waals surface area contributed by atoms with Gasteiger partial charge in [-0.25, -0.2) is 0 Å². The van der Waals surface area contributed by atoms with Crippen molar-refractivity contribution in [3.63, 3.8) is 0 Å². The summed E-state index contributed by atoms with van der Waals surface area (Å²) in [7, 11) is -1.94. The van der Waals surface area contributed by atoms with Gasteiger partial charge in [-0.05, 0) is 59.1 Å². The van der Waals surface area contributed by atoms with Gasteiger partial charge in [-0.3, -0.25) is 4.79 Å². The largest absolute Gasteiger partial charge is 0.506 e. The lowest BCUT2D eigenvalue weighted by molar-refractivity contribution is 0.0948. The Morgan fingerprint density at radius 2 is 1.83 bits per heavy atom. The molecule has 0 aliphatic heterocycles. The monoisotopic (exact) mass is 542 g/mol. The maximum Gasteiger partial charge on any atom is 0.255 e. The van der Waals surface area contributed by atoms with E-state index in [9.17, 15) is 15.2 Å². The topological polar surface area (TPSA) is 82.3 Å². The highest BCUT2D eigenvalue weighted by molar-refractivity contribution is 6.74. The zero-order valence-electron chi connectivity index (χ0n) is 21.3. The zero-order chi connectivity index (χ0) is 26.7. The number of nitrogens with one attached hydrogen (secondary N) is 1. The van der Waals surface area contributed by atoms with Crippen molar-refractivity contribution in [2.45, 2.75) is 51.2 Å². The number of hydrogen-bond acceptors (Lipinski definition) is 4. The molecule has 0 aliphatic carbocycles. The minimum atomic E-state index is -1.94. The average Bonchev–Trinajstić information content (AvgIpc) is 2.81. The van der Waals surface area contributed by atoms with Gasteiger partial charge in [0.15, 0.2) is 8.32 Å². The molecule has 0 saturated heterocycles. The number of hydrogen-bond donors (Lipinski definition) is 2. The molecule has 1 atom stereocenters. The fourth-order valence-electron chi connectivity index (χ4n) is 3.78. The Hall–Kier alpha value is -2.56. The van der Waals surface area contributed by atoms with Crippen LogP contribution in [0.5, 0.6) is 5.75 Å². The molecule has 5 nitrogen and oxygen atoms in total. The third kappa shape index (κ3) is 6.22. The van der Waals surface area contributed by atoms with Crippen molar-refractivity contribution in [1.82, 2.24) is 5.32 Å². The summed E-state index contributed by atoms with van der Waals surface area (Å²) in [5.74, 6) is -0.863. The van der Waals surface area contributed by atoms with E-state index in [1.165, 1.54) is 0 Å². The first kappa shape index (κ1) is 28.0. The molecular weight excluding hydrogens is 511 g/mol. The molecule has 0 aliphatic rings. The first-order chi connectivity index (χ1) is 16.9. The van der Waals surface area contributed by atoms with E-state index in [0.29, 0.717) is 40.4 Å². The highest BCUT2D eigenvalue weighted by Gasteiger charge is 2.37. The number of benzene rings is 3. The van der Waals surface area contributed by atoms with E-state index in [4.69, 9.17) is 27.6 Å². The fraction of sp³-hybridized carbons (Fsp3) is 0.357. The maximum absolute atomic E-state index is 13.3. The van der Waals surface area contributed by atoms with E-state index >= 15 is 0 Å². The predicted molar refractivity (Wildman–Crippen MR) is 150 cm³/mol. The summed E-state index contributed by atoms with van der Waals surface area (Å²) in [6, 6.07) is 16.2. The standard InChI is InChI=1S/C28H32Cl2N2O3Si/c1-28(2,3)36(4,5)35-13-12-20(18-10-11-23(29)24(30)15-18)17-32-27(34)25-22-9-7-6-8-19(22)14-21(16-31)26(25)33/h6-11,14-15,20,33H,12-13,17H2,1-5H3,(H,32,34)/t20-/m1/s1. The molecule has 190 valence electrons.